The van der Waals surface area contributed by atoms with Crippen LogP contribution < -0.4 is 0 Å². The molecule has 1 fully saturated rings. The van der Waals surface area contributed by atoms with Gasteiger partial charge in [-0.3, -0.25) is 0 Å². The second-order valence-electron chi connectivity index (χ2n) is 8.48. The quantitative estimate of drug-likeness (QED) is 0.468. The van der Waals surface area contributed by atoms with Crippen molar-refractivity contribution in [3.63, 3.8) is 0 Å². The zero-order valence-corrected chi connectivity index (χ0v) is 15.5. The van der Waals surface area contributed by atoms with E-state index in [0.29, 0.717) is 0 Å². The summed E-state index contributed by atoms with van der Waals surface area (Å²) in [5.74, 6) is 2.79. The largest absolute Gasteiger partial charge is 0.207 e. The Morgan fingerprint density at radius 3 is 2.29 bits per heavy atom. The van der Waals surface area contributed by atoms with E-state index in [9.17, 15) is 4.39 Å². The first kappa shape index (κ1) is 18.0. The highest BCUT2D eigenvalue weighted by atomic mass is 19.1. The van der Waals surface area contributed by atoms with Gasteiger partial charge in [0.1, 0.15) is 5.82 Å². The second kappa shape index (κ2) is 9.02. The smallest absolute Gasteiger partial charge is 0.123 e. The Kier molecular flexibility index (Phi) is 6.75. The van der Waals surface area contributed by atoms with E-state index in [0.717, 1.165) is 24.2 Å². The summed E-state index contributed by atoms with van der Waals surface area (Å²) < 4.78 is 13.3. The summed E-state index contributed by atoms with van der Waals surface area (Å²) in [5, 5.41) is 0. The molecule has 0 nitrogen and oxygen atoms in total. The van der Waals surface area contributed by atoms with Crippen molar-refractivity contribution in [2.24, 2.45) is 17.8 Å². The lowest BCUT2D eigenvalue weighted by Gasteiger charge is -2.31. The monoisotopic (exact) mass is 330 g/mol. The lowest BCUT2D eigenvalue weighted by atomic mass is 9.75. The number of halogens is 1. The van der Waals surface area contributed by atoms with Crippen molar-refractivity contribution in [1.29, 1.82) is 0 Å². The summed E-state index contributed by atoms with van der Waals surface area (Å²) in [4.78, 5) is 0. The van der Waals surface area contributed by atoms with E-state index in [2.05, 4.69) is 6.92 Å². The number of fused-ring (bicyclic) bond motifs is 1. The number of benzene rings is 1. The van der Waals surface area contributed by atoms with Gasteiger partial charge in [0.15, 0.2) is 0 Å². The van der Waals surface area contributed by atoms with Crippen LogP contribution in [0.4, 0.5) is 4.39 Å². The van der Waals surface area contributed by atoms with Crippen molar-refractivity contribution in [3.8, 4) is 0 Å². The van der Waals surface area contributed by atoms with Crippen molar-refractivity contribution in [3.05, 3.63) is 35.1 Å². The van der Waals surface area contributed by atoms with Gasteiger partial charge in [0.05, 0.1) is 0 Å². The highest BCUT2D eigenvalue weighted by Crippen LogP contribution is 2.36. The van der Waals surface area contributed by atoms with Crippen molar-refractivity contribution in [1.82, 2.24) is 0 Å². The highest BCUT2D eigenvalue weighted by molar-refractivity contribution is 5.30. The minimum absolute atomic E-state index is 0.0668. The van der Waals surface area contributed by atoms with Gasteiger partial charge < -0.3 is 0 Å². The van der Waals surface area contributed by atoms with E-state index in [1.165, 1.54) is 88.2 Å². The van der Waals surface area contributed by atoms with Crippen molar-refractivity contribution in [2.75, 3.05) is 0 Å². The molecule has 0 heterocycles. The summed E-state index contributed by atoms with van der Waals surface area (Å²) in [6, 6.07) is 5.42. The van der Waals surface area contributed by atoms with Crippen LogP contribution in [0, 0.1) is 23.6 Å². The Bertz CT molecular complexity index is 499. The molecule has 1 saturated carbocycles. The van der Waals surface area contributed by atoms with E-state index >= 15 is 0 Å². The fourth-order valence-electron chi connectivity index (χ4n) is 5.01. The normalized spacial score (nSPS) is 27.0. The molecule has 2 aliphatic rings. The molecule has 0 N–H and O–H groups in total. The molecule has 0 aromatic heterocycles. The third kappa shape index (κ3) is 5.07. The first-order chi connectivity index (χ1) is 11.7. The number of rotatable bonds is 7. The predicted molar refractivity (Wildman–Crippen MR) is 101 cm³/mol. The van der Waals surface area contributed by atoms with Gasteiger partial charge in [0.25, 0.3) is 0 Å². The number of hydrogen-bond acceptors (Lipinski definition) is 0. The molecule has 0 radical (unpaired) electrons. The Hall–Kier alpha value is -0.850. The van der Waals surface area contributed by atoms with Gasteiger partial charge >= 0.3 is 0 Å². The molecule has 1 heteroatoms. The number of hydrogen-bond donors (Lipinski definition) is 0. The standard InChI is InChI=1S/C23H35F/c1-2-3-4-5-18-6-8-19(9-7-18)10-11-20-12-13-22-17-23(24)15-14-21(22)16-20/h14-15,17-20H,2-13,16H2,1H3. The molecule has 0 aliphatic heterocycles. The Morgan fingerprint density at radius 2 is 1.54 bits per heavy atom. The zero-order valence-electron chi connectivity index (χ0n) is 15.5. The van der Waals surface area contributed by atoms with Crippen molar-refractivity contribution < 1.29 is 4.39 Å². The number of aryl methyl sites for hydroxylation is 1. The van der Waals surface area contributed by atoms with E-state index < -0.39 is 0 Å². The summed E-state index contributed by atoms with van der Waals surface area (Å²) >= 11 is 0. The first-order valence-corrected chi connectivity index (χ1v) is 10.5. The second-order valence-corrected chi connectivity index (χ2v) is 8.48. The molecule has 3 rings (SSSR count). The van der Waals surface area contributed by atoms with Crippen LogP contribution in [0.3, 0.4) is 0 Å². The topological polar surface area (TPSA) is 0 Å². The third-order valence-electron chi connectivity index (χ3n) is 6.66. The molecule has 1 atom stereocenters. The fourth-order valence-corrected chi connectivity index (χ4v) is 5.01. The lowest BCUT2D eigenvalue weighted by molar-refractivity contribution is 0.233. The summed E-state index contributed by atoms with van der Waals surface area (Å²) in [7, 11) is 0. The lowest BCUT2D eigenvalue weighted by Crippen LogP contribution is -2.18. The van der Waals surface area contributed by atoms with Gasteiger partial charge in [-0.2, -0.15) is 0 Å². The molecule has 0 saturated heterocycles. The fraction of sp³-hybridized carbons (Fsp3) is 0.739. The summed E-state index contributed by atoms with van der Waals surface area (Å²) in [6.45, 7) is 2.30. The maximum Gasteiger partial charge on any atom is 0.123 e. The third-order valence-corrected chi connectivity index (χ3v) is 6.66. The molecular weight excluding hydrogens is 295 g/mol. The number of unbranched alkanes of at least 4 members (excludes halogenated alkanes) is 2. The van der Waals surface area contributed by atoms with Crippen molar-refractivity contribution in [2.45, 2.75) is 90.4 Å². The van der Waals surface area contributed by atoms with Gasteiger partial charge in [0, 0.05) is 0 Å². The molecule has 24 heavy (non-hydrogen) atoms. The van der Waals surface area contributed by atoms with Crippen LogP contribution in [0.15, 0.2) is 18.2 Å². The molecule has 134 valence electrons. The van der Waals surface area contributed by atoms with Gasteiger partial charge in [0.2, 0.25) is 0 Å². The van der Waals surface area contributed by atoms with Crippen LogP contribution in [0.25, 0.3) is 0 Å². The van der Waals surface area contributed by atoms with Crippen molar-refractivity contribution >= 4 is 0 Å². The molecule has 1 aromatic rings. The van der Waals surface area contributed by atoms with E-state index in [1.54, 1.807) is 12.1 Å². The van der Waals surface area contributed by atoms with E-state index in [4.69, 9.17) is 0 Å². The first-order valence-electron chi connectivity index (χ1n) is 10.5. The van der Waals surface area contributed by atoms with Crippen LogP contribution in [0.2, 0.25) is 0 Å². The Labute approximate surface area is 148 Å². The van der Waals surface area contributed by atoms with E-state index in [1.807, 2.05) is 6.07 Å². The molecule has 1 unspecified atom stereocenters. The highest BCUT2D eigenvalue weighted by Gasteiger charge is 2.23. The Morgan fingerprint density at radius 1 is 0.833 bits per heavy atom. The SMILES string of the molecule is CCCCCC1CCC(CCC2CCc3cc(F)ccc3C2)CC1. The van der Waals surface area contributed by atoms with Gasteiger partial charge in [-0.1, -0.05) is 70.8 Å². The average Bonchev–Trinajstić information content (AvgIpc) is 2.61. The van der Waals surface area contributed by atoms with Crippen LogP contribution in [0.5, 0.6) is 0 Å². The van der Waals surface area contributed by atoms with Crippen LogP contribution in [-0.4, -0.2) is 0 Å². The van der Waals surface area contributed by atoms with E-state index in [-0.39, 0.29) is 5.82 Å². The summed E-state index contributed by atoms with van der Waals surface area (Å²) in [5.41, 5.74) is 2.67. The molecule has 0 bridgehead atoms. The van der Waals surface area contributed by atoms with Gasteiger partial charge in [-0.25, -0.2) is 4.39 Å². The predicted octanol–water partition coefficient (Wildman–Crippen LogP) is 7.10. The minimum Gasteiger partial charge on any atom is -0.207 e. The maximum absolute atomic E-state index is 13.3. The molecular formula is C23H35F. The molecule has 1 aromatic carbocycles. The molecule has 0 amide bonds. The molecule has 2 aliphatic carbocycles. The minimum atomic E-state index is -0.0668. The van der Waals surface area contributed by atoms with Gasteiger partial charge in [-0.05, 0) is 66.7 Å². The van der Waals surface area contributed by atoms with Crippen LogP contribution in [-0.2, 0) is 12.8 Å². The zero-order chi connectivity index (χ0) is 16.8. The van der Waals surface area contributed by atoms with Gasteiger partial charge in [-0.15, -0.1) is 0 Å². The average molecular weight is 331 g/mol. The van der Waals surface area contributed by atoms with Crippen LogP contribution in [0.1, 0.15) is 88.7 Å². The van der Waals surface area contributed by atoms with Crippen LogP contribution >= 0.6 is 0 Å². The molecule has 0 spiro atoms. The summed E-state index contributed by atoms with van der Waals surface area (Å²) in [6.07, 6.45) is 18.0. The Balaban J connectivity index is 1.36. The maximum atomic E-state index is 13.3.